The Labute approximate surface area is 102 Å². The second kappa shape index (κ2) is 50.2. The second-order valence-corrected chi connectivity index (χ2v) is 2.64. The monoisotopic (exact) mass is 243 g/mol. The Balaban J connectivity index is -0.0000000292. The summed E-state index contributed by atoms with van der Waals surface area (Å²) in [4.78, 5) is 0. The van der Waals surface area contributed by atoms with Gasteiger partial charge in [-0.3, -0.25) is 0 Å². The third kappa shape index (κ3) is 139. The van der Waals surface area contributed by atoms with Gasteiger partial charge in [-0.05, 0) is 0 Å². The van der Waals surface area contributed by atoms with Crippen LogP contribution >= 0.6 is 0 Å². The molecule has 0 aliphatic rings. The molecule has 1 nitrogen and oxygen atoms in total. The SMILES string of the molecule is C.CC.CC.CCC.CCO[C](C)=[V]. The molecule has 0 bridgehead atoms. The maximum absolute atomic E-state index is 4.93. The molecule has 0 unspecified atom stereocenters. The predicted molar refractivity (Wildman–Crippen MR) is 67.7 cm³/mol. The fourth-order valence-corrected chi connectivity index (χ4v) is 0.410. The third-order valence-corrected chi connectivity index (χ3v) is 0.555. The minimum absolute atomic E-state index is 0. The summed E-state index contributed by atoms with van der Waals surface area (Å²) in [5.41, 5.74) is 0. The summed E-state index contributed by atoms with van der Waals surface area (Å²) in [6, 6.07) is 0. The summed E-state index contributed by atoms with van der Waals surface area (Å²) in [5, 5.41) is 0. The number of ether oxygens (including phenoxy) is 1. The van der Waals surface area contributed by atoms with Crippen LogP contribution in [0.2, 0.25) is 0 Å². The standard InChI is InChI=1S/C4H8O.C3H8.2C2H6.CH4.V/c1-3-5-4-2;1-3-2;2*1-2;;/h3H2,1-2H3;3H2,1-2H3;2*1-2H3;1H4;. The molecule has 91 valence electrons. The summed E-state index contributed by atoms with van der Waals surface area (Å²) in [6.45, 7) is 16.9. The molecule has 0 heterocycles. The van der Waals surface area contributed by atoms with E-state index in [1.807, 2.05) is 41.5 Å². The van der Waals surface area contributed by atoms with Gasteiger partial charge < -0.3 is 0 Å². The molecule has 0 aliphatic carbocycles. The number of hydrogen-bond acceptors (Lipinski definition) is 1. The zero-order valence-electron chi connectivity index (χ0n) is 10.8. The van der Waals surface area contributed by atoms with Crippen molar-refractivity contribution in [2.45, 2.75) is 69.2 Å². The summed E-state index contributed by atoms with van der Waals surface area (Å²) < 4.78 is 5.91. The van der Waals surface area contributed by atoms with Crippen LogP contribution in [0, 0.1) is 0 Å². The van der Waals surface area contributed by atoms with E-state index in [1.165, 1.54) is 6.42 Å². The van der Waals surface area contributed by atoms with Crippen LogP contribution in [0.4, 0.5) is 0 Å². The molecule has 0 saturated heterocycles. The van der Waals surface area contributed by atoms with Crippen molar-refractivity contribution in [3.05, 3.63) is 0 Å². The van der Waals surface area contributed by atoms with Gasteiger partial charge in [0.2, 0.25) is 0 Å². The van der Waals surface area contributed by atoms with E-state index >= 15 is 0 Å². The van der Waals surface area contributed by atoms with Crippen LogP contribution in [0.1, 0.15) is 69.2 Å². The fourth-order valence-electron chi connectivity index (χ4n) is 0.209. The molecule has 2 heteroatoms. The van der Waals surface area contributed by atoms with Gasteiger partial charge in [-0.1, -0.05) is 55.4 Å². The fraction of sp³-hybridized carbons (Fsp3) is 0.917. The molecule has 0 fully saturated rings. The van der Waals surface area contributed by atoms with Gasteiger partial charge in [-0.15, -0.1) is 0 Å². The second-order valence-electron chi connectivity index (χ2n) is 1.66. The summed E-state index contributed by atoms with van der Waals surface area (Å²) in [6.07, 6.45) is 1.25. The van der Waals surface area contributed by atoms with Crippen LogP contribution in [0.25, 0.3) is 0 Å². The van der Waals surface area contributed by atoms with Gasteiger partial charge in [-0.2, -0.15) is 0 Å². The molecule has 0 radical (unpaired) electrons. The van der Waals surface area contributed by atoms with Gasteiger partial charge >= 0.3 is 46.6 Å². The van der Waals surface area contributed by atoms with Crippen LogP contribution in [0.3, 0.4) is 0 Å². The first kappa shape index (κ1) is 29.3. The molecule has 0 atom stereocenters. The zero-order valence-corrected chi connectivity index (χ0v) is 12.2. The van der Waals surface area contributed by atoms with Gasteiger partial charge in [-0.25, -0.2) is 0 Å². The van der Waals surface area contributed by atoms with Gasteiger partial charge in [0.1, 0.15) is 0 Å². The number of hydrogen-bond donors (Lipinski definition) is 0. The molecule has 0 spiro atoms. The summed E-state index contributed by atoms with van der Waals surface area (Å²) in [5.74, 6) is 0. The average molecular weight is 243 g/mol. The molecule has 0 rings (SSSR count). The van der Waals surface area contributed by atoms with E-state index in [0.717, 1.165) is 11.0 Å². The molecule has 0 saturated carbocycles. The Kier molecular flexibility index (Phi) is 105. The van der Waals surface area contributed by atoms with E-state index in [4.69, 9.17) is 4.74 Å². The van der Waals surface area contributed by atoms with Gasteiger partial charge in [0.05, 0.1) is 0 Å². The topological polar surface area (TPSA) is 9.23 Å². The van der Waals surface area contributed by atoms with E-state index in [-0.39, 0.29) is 7.43 Å². The Morgan fingerprint density at radius 2 is 1.21 bits per heavy atom. The van der Waals surface area contributed by atoms with Crippen LogP contribution in [-0.2, 0) is 21.7 Å². The van der Waals surface area contributed by atoms with Crippen LogP contribution in [-0.4, -0.2) is 11.0 Å². The Bertz CT molecular complexity index is 63.3. The molecule has 0 aromatic carbocycles. The van der Waals surface area contributed by atoms with Crippen molar-refractivity contribution in [1.82, 2.24) is 0 Å². The van der Waals surface area contributed by atoms with E-state index in [2.05, 4.69) is 30.8 Å². The quantitative estimate of drug-likeness (QED) is 0.675. The van der Waals surface area contributed by atoms with Gasteiger partial charge in [0.25, 0.3) is 0 Å². The zero-order chi connectivity index (χ0) is 11.7. The van der Waals surface area contributed by atoms with Gasteiger partial charge in [0, 0.05) is 0 Å². The molecule has 0 amide bonds. The Hall–Kier alpha value is 0.414. The summed E-state index contributed by atoms with van der Waals surface area (Å²) >= 11 is 2.34. The van der Waals surface area contributed by atoms with Gasteiger partial charge in [0.15, 0.2) is 0 Å². The van der Waals surface area contributed by atoms with Crippen LogP contribution in [0.15, 0.2) is 0 Å². The van der Waals surface area contributed by atoms with Crippen molar-refractivity contribution in [2.75, 3.05) is 6.61 Å². The average Bonchev–Trinajstić information content (AvgIpc) is 2.12. The van der Waals surface area contributed by atoms with Crippen molar-refractivity contribution < 1.29 is 21.7 Å². The first-order valence-corrected chi connectivity index (χ1v) is 6.04. The van der Waals surface area contributed by atoms with Crippen molar-refractivity contribution in [1.29, 1.82) is 0 Å². The van der Waals surface area contributed by atoms with Crippen molar-refractivity contribution in [3.63, 3.8) is 0 Å². The summed E-state index contributed by atoms with van der Waals surface area (Å²) in [7, 11) is 0. The van der Waals surface area contributed by atoms with Crippen molar-refractivity contribution >= 4 is 4.41 Å². The molecule has 0 aliphatic heterocycles. The molecular weight excluding hydrogens is 211 g/mol. The maximum atomic E-state index is 4.93. The molecule has 0 aromatic heterocycles. The first-order chi connectivity index (χ1) is 6.18. The van der Waals surface area contributed by atoms with E-state index in [1.54, 1.807) is 0 Å². The Morgan fingerprint density at radius 3 is 1.21 bits per heavy atom. The van der Waals surface area contributed by atoms with E-state index in [9.17, 15) is 0 Å². The molecule has 0 aromatic rings. The Morgan fingerprint density at radius 1 is 1.00 bits per heavy atom. The van der Waals surface area contributed by atoms with Crippen molar-refractivity contribution in [3.8, 4) is 0 Å². The normalized spacial score (nSPS) is 5.64. The van der Waals surface area contributed by atoms with Crippen LogP contribution in [0.5, 0.6) is 0 Å². The predicted octanol–water partition coefficient (Wildman–Crippen LogP) is 4.82. The minimum atomic E-state index is 0. The van der Waals surface area contributed by atoms with Crippen molar-refractivity contribution in [2.24, 2.45) is 0 Å². The molecular formula is C12H32OV. The third-order valence-electron chi connectivity index (χ3n) is 0.353. The first-order valence-electron chi connectivity index (χ1n) is 5.34. The molecule has 0 N–H and O–H groups in total. The van der Waals surface area contributed by atoms with E-state index < -0.39 is 0 Å². The van der Waals surface area contributed by atoms with Crippen LogP contribution < -0.4 is 0 Å². The number of rotatable bonds is 2. The van der Waals surface area contributed by atoms with E-state index in [0.29, 0.717) is 0 Å². The molecule has 14 heavy (non-hydrogen) atoms.